The van der Waals surface area contributed by atoms with E-state index < -0.39 is 17.8 Å². The number of carbonyl (C=O) groups is 2. The van der Waals surface area contributed by atoms with Crippen molar-refractivity contribution < 1.29 is 14.0 Å². The van der Waals surface area contributed by atoms with Gasteiger partial charge < -0.3 is 10.6 Å². The summed E-state index contributed by atoms with van der Waals surface area (Å²) in [6.45, 7) is 3.70. The van der Waals surface area contributed by atoms with Crippen LogP contribution in [0.15, 0.2) is 48.5 Å². The zero-order chi connectivity index (χ0) is 17.7. The summed E-state index contributed by atoms with van der Waals surface area (Å²) >= 11 is 2.16. The van der Waals surface area contributed by atoms with Crippen LogP contribution < -0.4 is 10.6 Å². The summed E-state index contributed by atoms with van der Waals surface area (Å²) in [5.74, 6) is -1.21. The molecule has 4 nitrogen and oxygen atoms in total. The van der Waals surface area contributed by atoms with Crippen LogP contribution in [0.5, 0.6) is 0 Å². The number of halogens is 2. The van der Waals surface area contributed by atoms with Crippen molar-refractivity contribution in [2.75, 3.05) is 5.32 Å². The van der Waals surface area contributed by atoms with Crippen LogP contribution in [-0.2, 0) is 4.79 Å². The minimum atomic E-state index is -0.694. The molecule has 1 unspecified atom stereocenters. The van der Waals surface area contributed by atoms with Crippen LogP contribution in [-0.4, -0.2) is 17.9 Å². The van der Waals surface area contributed by atoms with E-state index in [1.165, 1.54) is 24.3 Å². The van der Waals surface area contributed by atoms with E-state index in [1.807, 2.05) is 32.0 Å². The number of benzene rings is 2. The van der Waals surface area contributed by atoms with E-state index in [1.54, 1.807) is 6.07 Å². The highest BCUT2D eigenvalue weighted by Crippen LogP contribution is 2.14. The average Bonchev–Trinajstić information content (AvgIpc) is 2.52. The van der Waals surface area contributed by atoms with Gasteiger partial charge in [-0.3, -0.25) is 9.59 Å². The number of rotatable bonds is 5. The molecule has 0 saturated carbocycles. The van der Waals surface area contributed by atoms with Crippen LogP contribution in [0.1, 0.15) is 24.2 Å². The third-order valence-electron chi connectivity index (χ3n) is 3.43. The zero-order valence-electron chi connectivity index (χ0n) is 13.3. The first kappa shape index (κ1) is 18.4. The van der Waals surface area contributed by atoms with E-state index in [2.05, 4.69) is 33.2 Å². The van der Waals surface area contributed by atoms with E-state index in [0.29, 0.717) is 11.3 Å². The molecule has 0 radical (unpaired) electrons. The van der Waals surface area contributed by atoms with Gasteiger partial charge in [0, 0.05) is 14.8 Å². The standard InChI is InChI=1S/C18H18FIN2O2/c1-11(2)16(18(24)21-15-5-3-4-14(20)10-15)22-17(23)12-6-8-13(19)9-7-12/h3-11,16H,1-2H3,(H,21,24)(H,22,23). The summed E-state index contributed by atoms with van der Waals surface area (Å²) in [4.78, 5) is 24.8. The van der Waals surface area contributed by atoms with Gasteiger partial charge in [-0.05, 0) is 71.0 Å². The van der Waals surface area contributed by atoms with Gasteiger partial charge in [0.25, 0.3) is 5.91 Å². The molecule has 2 aromatic carbocycles. The molecule has 0 saturated heterocycles. The van der Waals surface area contributed by atoms with Crippen molar-refractivity contribution in [1.29, 1.82) is 0 Å². The third kappa shape index (κ3) is 5.02. The van der Waals surface area contributed by atoms with E-state index >= 15 is 0 Å². The van der Waals surface area contributed by atoms with Crippen molar-refractivity contribution in [1.82, 2.24) is 5.32 Å². The first-order chi connectivity index (χ1) is 11.4. The Balaban J connectivity index is 2.09. The van der Waals surface area contributed by atoms with Crippen molar-refractivity contribution >= 4 is 40.1 Å². The lowest BCUT2D eigenvalue weighted by molar-refractivity contribution is -0.118. The summed E-state index contributed by atoms with van der Waals surface area (Å²) in [6.07, 6.45) is 0. The molecule has 126 valence electrons. The van der Waals surface area contributed by atoms with E-state index in [9.17, 15) is 14.0 Å². The summed E-state index contributed by atoms with van der Waals surface area (Å²) in [6, 6.07) is 11.9. The maximum atomic E-state index is 12.9. The predicted octanol–water partition coefficient (Wildman–Crippen LogP) is 3.82. The second-order valence-corrected chi connectivity index (χ2v) is 6.95. The van der Waals surface area contributed by atoms with Gasteiger partial charge in [0.1, 0.15) is 11.9 Å². The zero-order valence-corrected chi connectivity index (χ0v) is 15.5. The summed E-state index contributed by atoms with van der Waals surface area (Å²) in [5.41, 5.74) is 0.984. The molecule has 0 heterocycles. The molecular weight excluding hydrogens is 422 g/mol. The highest BCUT2D eigenvalue weighted by Gasteiger charge is 2.24. The normalized spacial score (nSPS) is 11.9. The Hall–Kier alpha value is -1.96. The molecule has 2 amide bonds. The lowest BCUT2D eigenvalue weighted by atomic mass is 10.0. The highest BCUT2D eigenvalue weighted by molar-refractivity contribution is 14.1. The van der Waals surface area contributed by atoms with Crippen molar-refractivity contribution in [3.8, 4) is 0 Å². The maximum absolute atomic E-state index is 12.9. The van der Waals surface area contributed by atoms with Gasteiger partial charge in [-0.25, -0.2) is 4.39 Å². The molecule has 1 atom stereocenters. The number of carbonyl (C=O) groups excluding carboxylic acids is 2. The second-order valence-electron chi connectivity index (χ2n) is 5.70. The van der Waals surface area contributed by atoms with Crippen molar-refractivity contribution in [3.05, 3.63) is 63.5 Å². The Morgan fingerprint density at radius 1 is 1.08 bits per heavy atom. The first-order valence-corrected chi connectivity index (χ1v) is 8.57. The lowest BCUT2D eigenvalue weighted by Crippen LogP contribution is -2.47. The van der Waals surface area contributed by atoms with Gasteiger partial charge in [-0.2, -0.15) is 0 Å². The molecule has 2 aromatic rings. The number of hydrogen-bond donors (Lipinski definition) is 2. The van der Waals surface area contributed by atoms with E-state index in [0.717, 1.165) is 3.57 Å². The molecule has 6 heteroatoms. The Morgan fingerprint density at radius 3 is 2.33 bits per heavy atom. The SMILES string of the molecule is CC(C)C(NC(=O)c1ccc(F)cc1)C(=O)Nc1cccc(I)c1. The minimum absolute atomic E-state index is 0.0998. The second kappa shape index (κ2) is 8.23. The minimum Gasteiger partial charge on any atom is -0.340 e. The van der Waals surface area contributed by atoms with E-state index in [-0.39, 0.29) is 11.8 Å². The fourth-order valence-electron chi connectivity index (χ4n) is 2.15. The number of nitrogens with one attached hydrogen (secondary N) is 2. The topological polar surface area (TPSA) is 58.2 Å². The van der Waals surface area contributed by atoms with Crippen LogP contribution in [0.2, 0.25) is 0 Å². The van der Waals surface area contributed by atoms with Gasteiger partial charge in [0.05, 0.1) is 0 Å². The van der Waals surface area contributed by atoms with Crippen molar-refractivity contribution in [3.63, 3.8) is 0 Å². The molecule has 0 aliphatic heterocycles. The van der Waals surface area contributed by atoms with Crippen LogP contribution in [0.25, 0.3) is 0 Å². The molecule has 0 fully saturated rings. The summed E-state index contributed by atoms with van der Waals surface area (Å²) in [5, 5.41) is 5.52. The van der Waals surface area contributed by atoms with Crippen LogP contribution >= 0.6 is 22.6 Å². The molecule has 0 bridgehead atoms. The quantitative estimate of drug-likeness (QED) is 0.695. The smallest absolute Gasteiger partial charge is 0.251 e. The van der Waals surface area contributed by atoms with Crippen molar-refractivity contribution in [2.24, 2.45) is 5.92 Å². The van der Waals surface area contributed by atoms with Gasteiger partial charge in [0.2, 0.25) is 5.91 Å². The molecular formula is C18H18FIN2O2. The lowest BCUT2D eigenvalue weighted by Gasteiger charge is -2.22. The van der Waals surface area contributed by atoms with Gasteiger partial charge in [-0.1, -0.05) is 19.9 Å². The fraction of sp³-hybridized carbons (Fsp3) is 0.222. The largest absolute Gasteiger partial charge is 0.340 e. The molecule has 24 heavy (non-hydrogen) atoms. The third-order valence-corrected chi connectivity index (χ3v) is 4.11. The van der Waals surface area contributed by atoms with Gasteiger partial charge >= 0.3 is 0 Å². The molecule has 0 aliphatic rings. The number of hydrogen-bond acceptors (Lipinski definition) is 2. The summed E-state index contributed by atoms with van der Waals surface area (Å²) < 4.78 is 13.9. The predicted molar refractivity (Wildman–Crippen MR) is 100 cm³/mol. The Kier molecular flexibility index (Phi) is 6.30. The highest BCUT2D eigenvalue weighted by atomic mass is 127. The molecule has 0 spiro atoms. The van der Waals surface area contributed by atoms with Crippen LogP contribution in [0.3, 0.4) is 0 Å². The Bertz CT molecular complexity index is 732. The number of amides is 2. The van der Waals surface area contributed by atoms with Gasteiger partial charge in [-0.15, -0.1) is 0 Å². The van der Waals surface area contributed by atoms with Crippen LogP contribution in [0, 0.1) is 15.3 Å². The fourth-order valence-corrected chi connectivity index (χ4v) is 2.69. The monoisotopic (exact) mass is 440 g/mol. The van der Waals surface area contributed by atoms with Gasteiger partial charge in [0.15, 0.2) is 0 Å². The maximum Gasteiger partial charge on any atom is 0.251 e. The Morgan fingerprint density at radius 2 is 1.75 bits per heavy atom. The van der Waals surface area contributed by atoms with Crippen LogP contribution in [0.4, 0.5) is 10.1 Å². The molecule has 0 aliphatic carbocycles. The first-order valence-electron chi connectivity index (χ1n) is 7.49. The molecule has 2 N–H and O–H groups in total. The summed E-state index contributed by atoms with van der Waals surface area (Å²) in [7, 11) is 0. The molecule has 2 rings (SSSR count). The van der Waals surface area contributed by atoms with E-state index in [4.69, 9.17) is 0 Å². The van der Waals surface area contributed by atoms with Crippen molar-refractivity contribution in [2.45, 2.75) is 19.9 Å². The Labute approximate surface area is 154 Å². The number of anilines is 1. The molecule has 0 aromatic heterocycles. The average molecular weight is 440 g/mol.